The zero-order valence-electron chi connectivity index (χ0n) is 15.8. The quantitative estimate of drug-likeness (QED) is 0.857. The zero-order chi connectivity index (χ0) is 18.7. The van der Waals surface area contributed by atoms with Crippen molar-refractivity contribution in [3.05, 3.63) is 34.9 Å². The first-order chi connectivity index (χ1) is 12.4. The summed E-state index contributed by atoms with van der Waals surface area (Å²) in [7, 11) is -3.23. The highest BCUT2D eigenvalue weighted by molar-refractivity contribution is 7.89. The highest BCUT2D eigenvalue weighted by Gasteiger charge is 2.31. The van der Waals surface area contributed by atoms with Crippen molar-refractivity contribution in [1.29, 1.82) is 0 Å². The lowest BCUT2D eigenvalue weighted by molar-refractivity contribution is -0.126. The molecule has 0 unspecified atom stereocenters. The van der Waals surface area contributed by atoms with Crippen LogP contribution in [0, 0.1) is 5.92 Å². The van der Waals surface area contributed by atoms with Crippen LogP contribution in [0.2, 0.25) is 0 Å². The second kappa shape index (κ2) is 8.09. The Labute approximate surface area is 157 Å². The fraction of sp³-hybridized carbons (Fsp3) is 0.650. The van der Waals surface area contributed by atoms with E-state index in [1.54, 1.807) is 6.92 Å². The molecule has 1 saturated heterocycles. The highest BCUT2D eigenvalue weighted by Crippen LogP contribution is 2.26. The molecule has 1 aliphatic carbocycles. The molecule has 1 aromatic carbocycles. The smallest absolute Gasteiger partial charge is 0.224 e. The number of carbonyl (C=O) groups excluding carboxylic acids is 1. The number of sulfonamides is 1. The average molecular weight is 379 g/mol. The number of piperidine rings is 1. The van der Waals surface area contributed by atoms with Gasteiger partial charge in [0.2, 0.25) is 15.9 Å². The Morgan fingerprint density at radius 2 is 1.96 bits per heavy atom. The number of hydrogen-bond donors (Lipinski definition) is 1. The van der Waals surface area contributed by atoms with Crippen molar-refractivity contribution in [3.8, 4) is 0 Å². The molecule has 6 heteroatoms. The fourth-order valence-electron chi connectivity index (χ4n) is 4.03. The summed E-state index contributed by atoms with van der Waals surface area (Å²) < 4.78 is 25.7. The maximum absolute atomic E-state index is 12.7. The highest BCUT2D eigenvalue weighted by atomic mass is 32.2. The van der Waals surface area contributed by atoms with Crippen molar-refractivity contribution in [2.45, 2.75) is 58.4 Å². The van der Waals surface area contributed by atoms with Gasteiger partial charge in [0.15, 0.2) is 0 Å². The van der Waals surface area contributed by atoms with Gasteiger partial charge >= 0.3 is 0 Å². The molecule has 2 aliphatic rings. The first kappa shape index (κ1) is 19.4. The lowest BCUT2D eigenvalue weighted by Crippen LogP contribution is -2.46. The van der Waals surface area contributed by atoms with Crippen molar-refractivity contribution < 1.29 is 13.2 Å². The van der Waals surface area contributed by atoms with E-state index in [9.17, 15) is 13.2 Å². The number of aryl methyl sites for hydroxylation is 2. The number of hydrogen-bond acceptors (Lipinski definition) is 3. The molecule has 26 heavy (non-hydrogen) atoms. The summed E-state index contributed by atoms with van der Waals surface area (Å²) in [5.74, 6) is -0.205. The van der Waals surface area contributed by atoms with Gasteiger partial charge in [-0.25, -0.2) is 12.7 Å². The molecule has 5 nitrogen and oxygen atoms in total. The number of nitrogens with zero attached hydrogens (tertiary/aromatic N) is 1. The normalized spacial score (nSPS) is 22.5. The van der Waals surface area contributed by atoms with Crippen LogP contribution in [0.5, 0.6) is 0 Å². The van der Waals surface area contributed by atoms with Gasteiger partial charge in [-0.15, -0.1) is 0 Å². The molecule has 0 aromatic heterocycles. The summed E-state index contributed by atoms with van der Waals surface area (Å²) in [6.07, 6.45) is 6.26. The van der Waals surface area contributed by atoms with Gasteiger partial charge in [-0.3, -0.25) is 4.79 Å². The molecule has 0 radical (unpaired) electrons. The maximum Gasteiger partial charge on any atom is 0.224 e. The Kier molecular flexibility index (Phi) is 6.03. The van der Waals surface area contributed by atoms with E-state index in [0.717, 1.165) is 31.2 Å². The van der Waals surface area contributed by atoms with E-state index in [-0.39, 0.29) is 23.6 Å². The van der Waals surface area contributed by atoms with E-state index in [2.05, 4.69) is 23.5 Å². The minimum Gasteiger partial charge on any atom is -0.349 e. The van der Waals surface area contributed by atoms with Gasteiger partial charge in [0.1, 0.15) is 0 Å². The lowest BCUT2D eigenvalue weighted by Gasteiger charge is -2.31. The molecule has 1 aliphatic heterocycles. The van der Waals surface area contributed by atoms with E-state index < -0.39 is 10.0 Å². The van der Waals surface area contributed by atoms with Crippen molar-refractivity contribution in [1.82, 2.24) is 9.62 Å². The minimum absolute atomic E-state index is 0.0359. The van der Waals surface area contributed by atoms with Gasteiger partial charge < -0.3 is 5.32 Å². The number of carbonyl (C=O) groups is 1. The van der Waals surface area contributed by atoms with Crippen LogP contribution in [0.25, 0.3) is 0 Å². The predicted molar refractivity (Wildman–Crippen MR) is 103 cm³/mol. The molecule has 1 N–H and O–H groups in total. The summed E-state index contributed by atoms with van der Waals surface area (Å²) in [6, 6.07) is 6.48. The monoisotopic (exact) mass is 378 g/mol. The number of fused-ring (bicyclic) bond motifs is 1. The van der Waals surface area contributed by atoms with Crippen molar-refractivity contribution in [2.24, 2.45) is 5.92 Å². The van der Waals surface area contributed by atoms with Gasteiger partial charge in [0, 0.05) is 13.1 Å². The molecule has 1 heterocycles. The molecule has 0 spiro atoms. The first-order valence-electron chi connectivity index (χ1n) is 9.80. The number of nitrogens with one attached hydrogen (secondary N) is 1. The van der Waals surface area contributed by atoms with E-state index in [1.165, 1.54) is 28.3 Å². The van der Waals surface area contributed by atoms with E-state index in [0.29, 0.717) is 13.1 Å². The summed E-state index contributed by atoms with van der Waals surface area (Å²) in [4.78, 5) is 12.7. The topological polar surface area (TPSA) is 66.5 Å². The van der Waals surface area contributed by atoms with E-state index >= 15 is 0 Å². The molecule has 1 fully saturated rings. The third-order valence-corrected chi connectivity index (χ3v) is 7.59. The third-order valence-electron chi connectivity index (χ3n) is 5.74. The number of rotatable bonds is 5. The molecule has 2 atom stereocenters. The van der Waals surface area contributed by atoms with Crippen LogP contribution in [-0.4, -0.2) is 37.5 Å². The van der Waals surface area contributed by atoms with Gasteiger partial charge in [-0.1, -0.05) is 18.2 Å². The lowest BCUT2D eigenvalue weighted by atomic mass is 9.89. The van der Waals surface area contributed by atoms with Crippen molar-refractivity contribution in [3.63, 3.8) is 0 Å². The molecule has 1 aromatic rings. The third kappa shape index (κ3) is 4.29. The molecule has 0 bridgehead atoms. The first-order valence-corrected chi connectivity index (χ1v) is 11.4. The van der Waals surface area contributed by atoms with Crippen molar-refractivity contribution >= 4 is 15.9 Å². The minimum atomic E-state index is -3.23. The van der Waals surface area contributed by atoms with Crippen LogP contribution in [-0.2, 0) is 27.7 Å². The second-order valence-corrected chi connectivity index (χ2v) is 9.82. The second-order valence-electron chi connectivity index (χ2n) is 7.56. The Morgan fingerprint density at radius 3 is 2.69 bits per heavy atom. The Hall–Kier alpha value is -1.40. The SMILES string of the molecule is CCS(=O)(=O)N1CCC[C@@H](C(=O)N[C@H](C)c2ccc3c(c2)CCCC3)C1. The summed E-state index contributed by atoms with van der Waals surface area (Å²) in [5.41, 5.74) is 3.98. The summed E-state index contributed by atoms with van der Waals surface area (Å²) in [5, 5.41) is 3.10. The van der Waals surface area contributed by atoms with Gasteiger partial charge in [0.05, 0.1) is 17.7 Å². The molecular formula is C20H30N2O3S. The molecule has 3 rings (SSSR count). The largest absolute Gasteiger partial charge is 0.349 e. The number of benzene rings is 1. The molecule has 1 amide bonds. The van der Waals surface area contributed by atoms with Crippen LogP contribution in [0.1, 0.15) is 62.3 Å². The predicted octanol–water partition coefficient (Wildman–Crippen LogP) is 2.80. The molecule has 144 valence electrons. The maximum atomic E-state index is 12.7. The number of amides is 1. The standard InChI is InChI=1S/C20H30N2O3S/c1-3-26(24,25)22-12-6-9-19(14-22)20(23)21-15(2)17-11-10-16-7-4-5-8-18(16)13-17/h10-11,13,15,19H,3-9,12,14H2,1-2H3,(H,21,23)/t15-,19-/m1/s1. The van der Waals surface area contributed by atoms with Crippen LogP contribution in [0.4, 0.5) is 0 Å². The Bertz CT molecular complexity index is 760. The summed E-state index contributed by atoms with van der Waals surface area (Å²) >= 11 is 0. The van der Waals surface area contributed by atoms with Crippen LogP contribution < -0.4 is 5.32 Å². The fourth-order valence-corrected chi connectivity index (χ4v) is 5.21. The Balaban J connectivity index is 1.64. The zero-order valence-corrected chi connectivity index (χ0v) is 16.6. The molecular weight excluding hydrogens is 348 g/mol. The van der Waals surface area contributed by atoms with Crippen LogP contribution in [0.15, 0.2) is 18.2 Å². The van der Waals surface area contributed by atoms with E-state index in [4.69, 9.17) is 0 Å². The average Bonchev–Trinajstić information content (AvgIpc) is 2.67. The van der Waals surface area contributed by atoms with Gasteiger partial charge in [0.25, 0.3) is 0 Å². The van der Waals surface area contributed by atoms with E-state index in [1.807, 2.05) is 6.92 Å². The summed E-state index contributed by atoms with van der Waals surface area (Å²) in [6.45, 7) is 4.49. The van der Waals surface area contributed by atoms with Gasteiger partial charge in [-0.05, 0) is 69.1 Å². The van der Waals surface area contributed by atoms with Crippen LogP contribution >= 0.6 is 0 Å². The van der Waals surface area contributed by atoms with Crippen molar-refractivity contribution in [2.75, 3.05) is 18.8 Å². The van der Waals surface area contributed by atoms with Gasteiger partial charge in [-0.2, -0.15) is 0 Å². The van der Waals surface area contributed by atoms with Crippen LogP contribution in [0.3, 0.4) is 0 Å². The molecule has 0 saturated carbocycles. The Morgan fingerprint density at radius 1 is 1.23 bits per heavy atom.